The lowest BCUT2D eigenvalue weighted by atomic mass is 10.0. The third kappa shape index (κ3) is 3.98. The van der Waals surface area contributed by atoms with E-state index in [9.17, 15) is 14.7 Å². The minimum atomic E-state index is -0.754. The number of nitrogens with one attached hydrogen (secondary N) is 2. The van der Waals surface area contributed by atoms with Gasteiger partial charge < -0.3 is 24.3 Å². The van der Waals surface area contributed by atoms with Crippen molar-refractivity contribution in [3.05, 3.63) is 68.6 Å². The SMILES string of the molecule is Cc1cc(O)c(-c2ccnc3nc(NCc4ccc5c(c4)OCCCO5)[nH]c(=O)c23)c(=O)o1. The number of H-pyrrole nitrogens is 1. The highest BCUT2D eigenvalue weighted by Crippen LogP contribution is 2.31. The molecule has 0 amide bonds. The van der Waals surface area contributed by atoms with Crippen LogP contribution in [0.4, 0.5) is 5.95 Å². The molecule has 168 valence electrons. The molecule has 33 heavy (non-hydrogen) atoms. The monoisotopic (exact) mass is 448 g/mol. The third-order valence-corrected chi connectivity index (χ3v) is 5.20. The van der Waals surface area contributed by atoms with Crippen LogP contribution in [0.15, 0.2) is 50.5 Å². The Hall–Kier alpha value is -4.34. The van der Waals surface area contributed by atoms with Crippen LogP contribution in [0, 0.1) is 6.92 Å². The molecule has 5 rings (SSSR count). The molecule has 0 spiro atoms. The second kappa shape index (κ2) is 8.30. The Morgan fingerprint density at radius 3 is 2.76 bits per heavy atom. The number of rotatable bonds is 4. The van der Waals surface area contributed by atoms with E-state index in [4.69, 9.17) is 13.9 Å². The number of ether oxygens (including phenoxy) is 2. The number of nitrogens with zero attached hydrogens (tertiary/aromatic N) is 2. The largest absolute Gasteiger partial charge is 0.507 e. The van der Waals surface area contributed by atoms with Gasteiger partial charge in [-0.3, -0.25) is 9.78 Å². The number of pyridine rings is 1. The van der Waals surface area contributed by atoms with Crippen LogP contribution in [-0.2, 0) is 6.54 Å². The van der Waals surface area contributed by atoms with Crippen molar-refractivity contribution in [3.8, 4) is 28.4 Å². The van der Waals surface area contributed by atoms with Crippen LogP contribution in [0.1, 0.15) is 17.7 Å². The van der Waals surface area contributed by atoms with Crippen LogP contribution in [-0.4, -0.2) is 33.3 Å². The molecule has 10 nitrogen and oxygen atoms in total. The van der Waals surface area contributed by atoms with E-state index in [0.29, 0.717) is 31.3 Å². The summed E-state index contributed by atoms with van der Waals surface area (Å²) in [6.45, 7) is 3.12. The molecular formula is C23H20N4O6. The fourth-order valence-electron chi connectivity index (χ4n) is 3.70. The fourth-order valence-corrected chi connectivity index (χ4v) is 3.70. The predicted octanol–water partition coefficient (Wildman–Crippen LogP) is 2.73. The maximum Gasteiger partial charge on any atom is 0.347 e. The maximum absolute atomic E-state index is 12.9. The number of benzene rings is 1. The van der Waals surface area contributed by atoms with E-state index >= 15 is 0 Å². The molecule has 0 fully saturated rings. The van der Waals surface area contributed by atoms with E-state index in [1.54, 1.807) is 6.92 Å². The topological polar surface area (TPSA) is 140 Å². The number of aromatic nitrogens is 3. The zero-order chi connectivity index (χ0) is 22.9. The second-order valence-electron chi connectivity index (χ2n) is 7.56. The molecule has 4 heterocycles. The molecule has 10 heteroatoms. The van der Waals surface area contributed by atoms with Gasteiger partial charge >= 0.3 is 5.63 Å². The van der Waals surface area contributed by atoms with Crippen molar-refractivity contribution in [1.82, 2.24) is 15.0 Å². The molecule has 1 aliphatic rings. The van der Waals surface area contributed by atoms with Crippen LogP contribution in [0.25, 0.3) is 22.2 Å². The quantitative estimate of drug-likeness (QED) is 0.430. The molecule has 0 atom stereocenters. The van der Waals surface area contributed by atoms with Crippen molar-refractivity contribution in [1.29, 1.82) is 0 Å². The van der Waals surface area contributed by atoms with Gasteiger partial charge in [0.1, 0.15) is 17.1 Å². The first-order valence-corrected chi connectivity index (χ1v) is 10.3. The van der Waals surface area contributed by atoms with E-state index in [1.807, 2.05) is 18.2 Å². The normalized spacial score (nSPS) is 13.0. The zero-order valence-electron chi connectivity index (χ0n) is 17.7. The molecule has 3 aromatic heterocycles. The van der Waals surface area contributed by atoms with Crippen LogP contribution >= 0.6 is 0 Å². The van der Waals surface area contributed by atoms with Gasteiger partial charge in [0.05, 0.1) is 18.6 Å². The second-order valence-corrected chi connectivity index (χ2v) is 7.56. The van der Waals surface area contributed by atoms with E-state index in [2.05, 4.69) is 20.3 Å². The highest BCUT2D eigenvalue weighted by Gasteiger charge is 2.19. The van der Waals surface area contributed by atoms with Crippen molar-refractivity contribution < 1.29 is 19.0 Å². The predicted molar refractivity (Wildman–Crippen MR) is 120 cm³/mol. The van der Waals surface area contributed by atoms with Gasteiger partial charge in [-0.05, 0) is 30.7 Å². The number of fused-ring (bicyclic) bond motifs is 2. The van der Waals surface area contributed by atoms with Gasteiger partial charge in [-0.2, -0.15) is 4.98 Å². The molecule has 4 aromatic rings. The molecule has 1 aliphatic heterocycles. The maximum atomic E-state index is 12.9. The Morgan fingerprint density at radius 2 is 1.94 bits per heavy atom. The van der Waals surface area contributed by atoms with Crippen molar-refractivity contribution in [2.45, 2.75) is 19.9 Å². The number of aromatic hydroxyl groups is 1. The summed E-state index contributed by atoms with van der Waals surface area (Å²) in [7, 11) is 0. The van der Waals surface area contributed by atoms with Crippen LogP contribution < -0.4 is 26.0 Å². The van der Waals surface area contributed by atoms with Crippen molar-refractivity contribution >= 4 is 17.0 Å². The third-order valence-electron chi connectivity index (χ3n) is 5.20. The fraction of sp³-hybridized carbons (Fsp3) is 0.217. The summed E-state index contributed by atoms with van der Waals surface area (Å²) in [5, 5.41) is 13.4. The van der Waals surface area contributed by atoms with Crippen molar-refractivity contribution in [2.75, 3.05) is 18.5 Å². The van der Waals surface area contributed by atoms with Gasteiger partial charge in [-0.25, -0.2) is 9.78 Å². The summed E-state index contributed by atoms with van der Waals surface area (Å²) < 4.78 is 16.4. The van der Waals surface area contributed by atoms with E-state index < -0.39 is 11.2 Å². The van der Waals surface area contributed by atoms with Crippen molar-refractivity contribution in [2.24, 2.45) is 0 Å². The molecule has 0 aliphatic carbocycles. The van der Waals surface area contributed by atoms with Gasteiger partial charge in [-0.15, -0.1) is 0 Å². The summed E-state index contributed by atoms with van der Waals surface area (Å²) in [4.78, 5) is 36.5. The van der Waals surface area contributed by atoms with Crippen LogP contribution in [0.3, 0.4) is 0 Å². The number of hydrogen-bond acceptors (Lipinski definition) is 9. The lowest BCUT2D eigenvalue weighted by molar-refractivity contribution is 0.297. The lowest BCUT2D eigenvalue weighted by Crippen LogP contribution is -2.16. The minimum Gasteiger partial charge on any atom is -0.507 e. The molecular weight excluding hydrogens is 428 g/mol. The summed E-state index contributed by atoms with van der Waals surface area (Å²) in [5.41, 5.74) is -0.162. The molecule has 0 radical (unpaired) electrons. The molecule has 0 saturated carbocycles. The van der Waals surface area contributed by atoms with Gasteiger partial charge in [-0.1, -0.05) is 6.07 Å². The van der Waals surface area contributed by atoms with Gasteiger partial charge in [0.2, 0.25) is 5.95 Å². The highest BCUT2D eigenvalue weighted by atomic mass is 16.5. The number of anilines is 1. The summed E-state index contributed by atoms with van der Waals surface area (Å²) in [6, 6.07) is 8.40. The zero-order valence-corrected chi connectivity index (χ0v) is 17.7. The Morgan fingerprint density at radius 1 is 1.12 bits per heavy atom. The summed E-state index contributed by atoms with van der Waals surface area (Å²) in [6.07, 6.45) is 2.23. The van der Waals surface area contributed by atoms with E-state index in [1.165, 1.54) is 18.3 Å². The first-order valence-electron chi connectivity index (χ1n) is 10.3. The van der Waals surface area contributed by atoms with E-state index in [-0.39, 0.29) is 39.6 Å². The van der Waals surface area contributed by atoms with Crippen LogP contribution in [0.2, 0.25) is 0 Å². The minimum absolute atomic E-state index is 0.0742. The first kappa shape index (κ1) is 20.6. The molecule has 0 unspecified atom stereocenters. The standard InChI is InChI=1S/C23H20N4O6/c1-12-9-15(28)18(22(30)33-12)14-5-6-24-20-19(14)21(29)27-23(26-20)25-11-13-3-4-16-17(10-13)32-8-2-7-31-16/h3-6,9-10,28H,2,7-8,11H2,1H3,(H2,24,25,26,27,29). The Balaban J connectivity index is 1.47. The smallest absolute Gasteiger partial charge is 0.347 e. The average molecular weight is 448 g/mol. The lowest BCUT2D eigenvalue weighted by Gasteiger charge is -2.11. The van der Waals surface area contributed by atoms with Crippen LogP contribution in [0.5, 0.6) is 17.2 Å². The van der Waals surface area contributed by atoms with Gasteiger partial charge in [0.15, 0.2) is 17.1 Å². The molecule has 0 saturated heterocycles. The number of aromatic amines is 1. The first-order chi connectivity index (χ1) is 16.0. The van der Waals surface area contributed by atoms with Gasteiger partial charge in [0, 0.05) is 30.8 Å². The number of aryl methyl sites for hydroxylation is 1. The number of hydrogen-bond donors (Lipinski definition) is 3. The molecule has 3 N–H and O–H groups in total. The van der Waals surface area contributed by atoms with E-state index in [0.717, 1.165) is 12.0 Å². The average Bonchev–Trinajstić information content (AvgIpc) is 3.02. The highest BCUT2D eigenvalue weighted by molar-refractivity contribution is 5.93. The Kier molecular flexibility index (Phi) is 5.17. The molecule has 0 bridgehead atoms. The van der Waals surface area contributed by atoms with Crippen molar-refractivity contribution in [3.63, 3.8) is 0 Å². The summed E-state index contributed by atoms with van der Waals surface area (Å²) in [5.74, 6) is 1.56. The van der Waals surface area contributed by atoms with Gasteiger partial charge in [0.25, 0.3) is 5.56 Å². The Labute approximate surface area is 186 Å². The summed E-state index contributed by atoms with van der Waals surface area (Å²) >= 11 is 0. The Bertz CT molecular complexity index is 1480. The molecule has 1 aromatic carbocycles.